The van der Waals surface area contributed by atoms with Crippen LogP contribution in [0.2, 0.25) is 5.02 Å². The van der Waals surface area contributed by atoms with E-state index in [1.165, 1.54) is 0 Å². The van der Waals surface area contributed by atoms with E-state index in [2.05, 4.69) is 0 Å². The van der Waals surface area contributed by atoms with Gasteiger partial charge in [-0.2, -0.15) is 0 Å². The average Bonchev–Trinajstić information content (AvgIpc) is 2.01. The highest BCUT2D eigenvalue weighted by molar-refractivity contribution is 6.30. The number of hydrogen-bond acceptors (Lipinski definition) is 1. The Kier molecular flexibility index (Phi) is 5.51. The van der Waals surface area contributed by atoms with E-state index < -0.39 is 0 Å². The van der Waals surface area contributed by atoms with Crippen molar-refractivity contribution in [2.75, 3.05) is 0 Å². The maximum Gasteiger partial charge on any atom is 0.217 e. The van der Waals surface area contributed by atoms with Gasteiger partial charge in [-0.3, -0.25) is 4.79 Å². The van der Waals surface area contributed by atoms with E-state index in [0.29, 0.717) is 17.9 Å². The van der Waals surface area contributed by atoms with E-state index in [9.17, 15) is 4.79 Å². The van der Waals surface area contributed by atoms with Gasteiger partial charge in [0.25, 0.3) is 0 Å². The monoisotopic (exact) mass is 219 g/mol. The lowest BCUT2D eigenvalue weighted by molar-refractivity contribution is -0.117. The Morgan fingerprint density at radius 1 is 1.46 bits per heavy atom. The highest BCUT2D eigenvalue weighted by atomic mass is 35.5. The molecule has 4 heteroatoms. The zero-order chi connectivity index (χ0) is 8.97. The van der Waals surface area contributed by atoms with Crippen molar-refractivity contribution in [3.8, 4) is 0 Å². The van der Waals surface area contributed by atoms with Gasteiger partial charge in [0, 0.05) is 11.4 Å². The van der Waals surface area contributed by atoms with Gasteiger partial charge in [0.2, 0.25) is 5.91 Å². The van der Waals surface area contributed by atoms with Crippen LogP contribution in [0.4, 0.5) is 0 Å². The molecule has 0 unspecified atom stereocenters. The normalized spacial score (nSPS) is 9.00. The molecule has 0 aliphatic heterocycles. The summed E-state index contributed by atoms with van der Waals surface area (Å²) in [5.41, 5.74) is 6.05. The second-order valence-corrected chi connectivity index (χ2v) is 3.03. The van der Waals surface area contributed by atoms with Crippen LogP contribution in [0.1, 0.15) is 12.0 Å². The largest absolute Gasteiger partial charge is 0.370 e. The van der Waals surface area contributed by atoms with Gasteiger partial charge in [-0.15, -0.1) is 12.4 Å². The minimum absolute atomic E-state index is 0. The first kappa shape index (κ1) is 12.3. The number of rotatable bonds is 3. The molecule has 0 saturated heterocycles. The van der Waals surface area contributed by atoms with Crippen molar-refractivity contribution in [3.05, 3.63) is 34.9 Å². The highest BCUT2D eigenvalue weighted by Gasteiger charge is 1.97. The molecule has 0 saturated carbocycles. The molecule has 0 aliphatic rings. The van der Waals surface area contributed by atoms with Gasteiger partial charge in [0.15, 0.2) is 0 Å². The fourth-order valence-corrected chi connectivity index (χ4v) is 1.17. The molecule has 1 aromatic carbocycles. The van der Waals surface area contributed by atoms with Crippen molar-refractivity contribution >= 4 is 29.9 Å². The number of carbonyl (C=O) groups excluding carboxylic acids is 1. The van der Waals surface area contributed by atoms with E-state index in [1.807, 2.05) is 18.2 Å². The Morgan fingerprint density at radius 2 is 2.15 bits per heavy atom. The predicted octanol–water partition coefficient (Wildman–Crippen LogP) is 2.18. The summed E-state index contributed by atoms with van der Waals surface area (Å²) in [5.74, 6) is -0.282. The summed E-state index contributed by atoms with van der Waals surface area (Å²) < 4.78 is 0. The van der Waals surface area contributed by atoms with Crippen LogP contribution in [0.5, 0.6) is 0 Å². The molecule has 2 nitrogen and oxygen atoms in total. The van der Waals surface area contributed by atoms with Gasteiger partial charge in [-0.25, -0.2) is 0 Å². The molecule has 1 rings (SSSR count). The number of primary amides is 1. The lowest BCUT2D eigenvalue weighted by atomic mass is 10.1. The molecule has 1 amide bonds. The van der Waals surface area contributed by atoms with Crippen LogP contribution in [-0.2, 0) is 11.2 Å². The number of carbonyl (C=O) groups is 1. The van der Waals surface area contributed by atoms with E-state index in [1.54, 1.807) is 6.07 Å². The molecule has 0 aliphatic carbocycles. The SMILES string of the molecule is Cl.NC(=O)CCc1cccc(Cl)c1. The maximum absolute atomic E-state index is 10.4. The first-order valence-electron chi connectivity index (χ1n) is 3.71. The first-order chi connectivity index (χ1) is 5.68. The number of amides is 1. The molecule has 0 aromatic heterocycles. The number of aryl methyl sites for hydroxylation is 1. The standard InChI is InChI=1S/C9H10ClNO.ClH/c10-8-3-1-2-7(6-8)4-5-9(11)12;/h1-3,6H,4-5H2,(H2,11,12);1H. The number of halogens is 2. The summed E-state index contributed by atoms with van der Waals surface area (Å²) in [6.45, 7) is 0. The molecule has 0 radical (unpaired) electrons. The topological polar surface area (TPSA) is 43.1 Å². The van der Waals surface area contributed by atoms with Crippen LogP contribution in [0.25, 0.3) is 0 Å². The summed E-state index contributed by atoms with van der Waals surface area (Å²) >= 11 is 5.74. The average molecular weight is 220 g/mol. The third-order valence-electron chi connectivity index (χ3n) is 1.55. The quantitative estimate of drug-likeness (QED) is 0.833. The molecule has 13 heavy (non-hydrogen) atoms. The summed E-state index contributed by atoms with van der Waals surface area (Å²) in [6.07, 6.45) is 1.04. The van der Waals surface area contributed by atoms with Gasteiger partial charge in [-0.05, 0) is 24.1 Å². The second-order valence-electron chi connectivity index (χ2n) is 2.60. The van der Waals surface area contributed by atoms with Crippen LogP contribution in [0.3, 0.4) is 0 Å². The van der Waals surface area contributed by atoms with Crippen LogP contribution in [0, 0.1) is 0 Å². The van der Waals surface area contributed by atoms with E-state index >= 15 is 0 Å². The van der Waals surface area contributed by atoms with Crippen LogP contribution >= 0.6 is 24.0 Å². The number of benzene rings is 1. The smallest absolute Gasteiger partial charge is 0.217 e. The van der Waals surface area contributed by atoms with Crippen molar-refractivity contribution in [1.82, 2.24) is 0 Å². The predicted molar refractivity (Wildman–Crippen MR) is 56.2 cm³/mol. The molecule has 72 valence electrons. The van der Waals surface area contributed by atoms with Crippen LogP contribution in [-0.4, -0.2) is 5.91 Å². The molecular formula is C9H11Cl2NO. The van der Waals surface area contributed by atoms with E-state index in [4.69, 9.17) is 17.3 Å². The van der Waals surface area contributed by atoms with E-state index in [-0.39, 0.29) is 18.3 Å². The summed E-state index contributed by atoms with van der Waals surface area (Å²) in [7, 11) is 0. The zero-order valence-corrected chi connectivity index (χ0v) is 8.57. The summed E-state index contributed by atoms with van der Waals surface area (Å²) in [5, 5.41) is 0.692. The molecule has 2 N–H and O–H groups in total. The first-order valence-corrected chi connectivity index (χ1v) is 4.09. The zero-order valence-electron chi connectivity index (χ0n) is 7.00. The Labute approximate surface area is 88.5 Å². The highest BCUT2D eigenvalue weighted by Crippen LogP contribution is 2.11. The van der Waals surface area contributed by atoms with Gasteiger partial charge in [0.05, 0.1) is 0 Å². The number of nitrogens with two attached hydrogens (primary N) is 1. The fraction of sp³-hybridized carbons (Fsp3) is 0.222. The van der Waals surface area contributed by atoms with E-state index in [0.717, 1.165) is 5.56 Å². The van der Waals surface area contributed by atoms with Crippen molar-refractivity contribution in [2.24, 2.45) is 5.73 Å². The van der Waals surface area contributed by atoms with Crippen molar-refractivity contribution in [2.45, 2.75) is 12.8 Å². The Morgan fingerprint density at radius 3 is 2.69 bits per heavy atom. The van der Waals surface area contributed by atoms with Gasteiger partial charge in [-0.1, -0.05) is 23.7 Å². The third-order valence-corrected chi connectivity index (χ3v) is 1.78. The minimum Gasteiger partial charge on any atom is -0.370 e. The third kappa shape index (κ3) is 4.76. The van der Waals surface area contributed by atoms with Gasteiger partial charge >= 0.3 is 0 Å². The van der Waals surface area contributed by atoms with Gasteiger partial charge in [0.1, 0.15) is 0 Å². The Hall–Kier alpha value is -0.730. The summed E-state index contributed by atoms with van der Waals surface area (Å²) in [6, 6.07) is 7.42. The molecule has 1 aromatic rings. The minimum atomic E-state index is -0.282. The molecule has 0 heterocycles. The lowest BCUT2D eigenvalue weighted by Gasteiger charge is -1.98. The van der Waals surface area contributed by atoms with Crippen LogP contribution < -0.4 is 5.73 Å². The molecular weight excluding hydrogens is 209 g/mol. The van der Waals surface area contributed by atoms with Crippen molar-refractivity contribution in [1.29, 1.82) is 0 Å². The van der Waals surface area contributed by atoms with Crippen molar-refractivity contribution < 1.29 is 4.79 Å². The van der Waals surface area contributed by atoms with Gasteiger partial charge < -0.3 is 5.73 Å². The maximum atomic E-state index is 10.4. The molecule has 0 atom stereocenters. The Balaban J connectivity index is 0.00000144. The second kappa shape index (κ2) is 5.84. The molecule has 0 bridgehead atoms. The van der Waals surface area contributed by atoms with Crippen LogP contribution in [0.15, 0.2) is 24.3 Å². The lowest BCUT2D eigenvalue weighted by Crippen LogP contribution is -2.11. The number of hydrogen-bond donors (Lipinski definition) is 1. The summed E-state index contributed by atoms with van der Waals surface area (Å²) in [4.78, 5) is 10.4. The Bertz CT molecular complexity index is 289. The molecule has 0 spiro atoms. The van der Waals surface area contributed by atoms with Crippen molar-refractivity contribution in [3.63, 3.8) is 0 Å². The fourth-order valence-electron chi connectivity index (χ4n) is 0.960. The molecule has 0 fully saturated rings.